The van der Waals surface area contributed by atoms with Crippen LogP contribution in [0, 0.1) is 0 Å². The van der Waals surface area contributed by atoms with Crippen molar-refractivity contribution in [2.75, 3.05) is 47.5 Å². The van der Waals surface area contributed by atoms with E-state index < -0.39 is 18.4 Å². The van der Waals surface area contributed by atoms with Crippen LogP contribution in [0.25, 0.3) is 0 Å². The number of likely N-dealkylation sites (N-methyl/N-ethyl adjacent to an activating group) is 1. The molecule has 0 aliphatic rings. The monoisotopic (exact) mass is 1370 g/mol. The van der Waals surface area contributed by atoms with Crippen LogP contribution in [-0.2, 0) is 33.3 Å². The summed E-state index contributed by atoms with van der Waals surface area (Å²) >= 11 is 0. The molecular formula is C88H172NO8+. The third-order valence-electron chi connectivity index (χ3n) is 20.5. The molecule has 0 fully saturated rings. The van der Waals surface area contributed by atoms with Crippen molar-refractivity contribution in [3.05, 3.63) is 12.2 Å². The van der Waals surface area contributed by atoms with Gasteiger partial charge in [-0.3, -0.25) is 9.59 Å². The van der Waals surface area contributed by atoms with Gasteiger partial charge in [-0.1, -0.05) is 437 Å². The normalized spacial score (nSPS) is 12.5. The van der Waals surface area contributed by atoms with Gasteiger partial charge in [-0.2, -0.15) is 0 Å². The zero-order valence-corrected chi connectivity index (χ0v) is 66.3. The highest BCUT2D eigenvalue weighted by molar-refractivity contribution is 5.71. The Morgan fingerprint density at radius 3 is 0.763 bits per heavy atom. The predicted octanol–water partition coefficient (Wildman–Crippen LogP) is 28.3. The van der Waals surface area contributed by atoms with Gasteiger partial charge in [0, 0.05) is 12.8 Å². The molecule has 1 N–H and O–H groups in total. The summed E-state index contributed by atoms with van der Waals surface area (Å²) < 4.78 is 23.1. The maximum Gasteiger partial charge on any atom is 0.361 e. The molecule has 0 saturated carbocycles. The fourth-order valence-electron chi connectivity index (χ4n) is 13.8. The molecule has 97 heavy (non-hydrogen) atoms. The maximum absolute atomic E-state index is 13.0. The Kier molecular flexibility index (Phi) is 78.1. The molecule has 2 unspecified atom stereocenters. The zero-order chi connectivity index (χ0) is 70.4. The van der Waals surface area contributed by atoms with Crippen molar-refractivity contribution in [2.45, 2.75) is 489 Å². The molecule has 0 heterocycles. The molecule has 0 aromatic carbocycles. The van der Waals surface area contributed by atoms with Crippen molar-refractivity contribution in [1.82, 2.24) is 0 Å². The topological polar surface area (TPSA) is 108 Å². The van der Waals surface area contributed by atoms with E-state index in [-0.39, 0.29) is 38.2 Å². The molecule has 0 radical (unpaired) electrons. The minimum atomic E-state index is -1.51. The van der Waals surface area contributed by atoms with E-state index in [4.69, 9.17) is 18.9 Å². The second-order valence-electron chi connectivity index (χ2n) is 31.6. The first-order valence-electron chi connectivity index (χ1n) is 43.9. The highest BCUT2D eigenvalue weighted by Gasteiger charge is 2.25. The average molecular weight is 1370 g/mol. The number of ether oxygens (including phenoxy) is 4. The number of rotatable bonds is 84. The molecule has 9 nitrogen and oxygen atoms in total. The summed E-state index contributed by atoms with van der Waals surface area (Å²) in [4.78, 5) is 37.8. The number of nitrogens with zero attached hydrogens (tertiary/aromatic N) is 1. The van der Waals surface area contributed by atoms with Crippen LogP contribution in [0.4, 0.5) is 0 Å². The van der Waals surface area contributed by atoms with Crippen molar-refractivity contribution in [1.29, 1.82) is 0 Å². The van der Waals surface area contributed by atoms with Crippen molar-refractivity contribution >= 4 is 17.9 Å². The van der Waals surface area contributed by atoms with E-state index in [1.165, 1.54) is 411 Å². The number of esters is 2. The van der Waals surface area contributed by atoms with Gasteiger partial charge in [-0.15, -0.1) is 0 Å². The fraction of sp³-hybridized carbons (Fsp3) is 0.943. The summed E-state index contributed by atoms with van der Waals surface area (Å²) in [7, 11) is 6.01. The molecule has 576 valence electrons. The summed E-state index contributed by atoms with van der Waals surface area (Å²) in [5.74, 6) is -1.96. The summed E-state index contributed by atoms with van der Waals surface area (Å²) in [6.45, 7) is 4.98. The number of carbonyl (C=O) groups is 3. The molecule has 0 rings (SSSR count). The van der Waals surface area contributed by atoms with Gasteiger partial charge in [0.15, 0.2) is 6.10 Å². The van der Waals surface area contributed by atoms with E-state index in [0.717, 1.165) is 38.5 Å². The molecule has 0 amide bonds. The molecule has 9 heteroatoms. The van der Waals surface area contributed by atoms with Crippen LogP contribution in [0.2, 0.25) is 0 Å². The van der Waals surface area contributed by atoms with Gasteiger partial charge in [0.1, 0.15) is 13.2 Å². The largest absolute Gasteiger partial charge is 0.477 e. The molecule has 0 aromatic heterocycles. The Hall–Kier alpha value is -1.97. The first kappa shape index (κ1) is 95.0. The van der Waals surface area contributed by atoms with E-state index in [2.05, 4.69) is 26.0 Å². The Morgan fingerprint density at radius 1 is 0.299 bits per heavy atom. The predicted molar refractivity (Wildman–Crippen MR) is 420 cm³/mol. The highest BCUT2D eigenvalue weighted by Crippen LogP contribution is 2.21. The van der Waals surface area contributed by atoms with E-state index >= 15 is 0 Å². The van der Waals surface area contributed by atoms with Crippen molar-refractivity contribution in [3.63, 3.8) is 0 Å². The van der Waals surface area contributed by atoms with Crippen LogP contribution in [0.3, 0.4) is 0 Å². The number of hydrogen-bond acceptors (Lipinski definition) is 7. The van der Waals surface area contributed by atoms with Gasteiger partial charge in [-0.05, 0) is 38.5 Å². The number of unbranched alkanes of at least 4 members (excludes halogenated alkanes) is 67. The molecular weight excluding hydrogens is 1200 g/mol. The molecule has 0 aliphatic carbocycles. The minimum Gasteiger partial charge on any atom is -0.477 e. The summed E-state index contributed by atoms with van der Waals surface area (Å²) in [5.41, 5.74) is 0. The van der Waals surface area contributed by atoms with Gasteiger partial charge >= 0.3 is 17.9 Å². The first-order valence-corrected chi connectivity index (χ1v) is 43.9. The molecule has 2 atom stereocenters. The van der Waals surface area contributed by atoms with E-state index in [9.17, 15) is 19.5 Å². The lowest BCUT2D eigenvalue weighted by Gasteiger charge is -2.25. The van der Waals surface area contributed by atoms with Crippen LogP contribution in [0.1, 0.15) is 476 Å². The lowest BCUT2D eigenvalue weighted by Crippen LogP contribution is -2.40. The van der Waals surface area contributed by atoms with Crippen LogP contribution in [-0.4, -0.2) is 87.4 Å². The van der Waals surface area contributed by atoms with E-state index in [1.54, 1.807) is 0 Å². The summed E-state index contributed by atoms with van der Waals surface area (Å²) in [6, 6.07) is 0. The number of carboxylic acids is 1. The number of carbonyl (C=O) groups excluding carboxylic acids is 2. The second kappa shape index (κ2) is 79.7. The van der Waals surface area contributed by atoms with Gasteiger partial charge in [-0.25, -0.2) is 4.79 Å². The number of hydrogen-bond donors (Lipinski definition) is 1. The van der Waals surface area contributed by atoms with Gasteiger partial charge in [0.25, 0.3) is 6.29 Å². The first-order chi connectivity index (χ1) is 47.6. The Labute approximate surface area is 606 Å². The molecule has 0 aliphatic heterocycles. The Balaban J connectivity index is 3.88. The average Bonchev–Trinajstić information content (AvgIpc) is 3.27. The van der Waals surface area contributed by atoms with Gasteiger partial charge < -0.3 is 28.5 Å². The number of carboxylic acid groups (broad SMARTS) is 1. The van der Waals surface area contributed by atoms with Crippen molar-refractivity contribution in [2.24, 2.45) is 0 Å². The van der Waals surface area contributed by atoms with E-state index in [0.29, 0.717) is 17.4 Å². The van der Waals surface area contributed by atoms with Crippen molar-refractivity contribution < 1.29 is 42.9 Å². The SMILES string of the molecule is CCCCCCCCCC/C=C\CCCCCCCCCCCCCCCCCCCCCCCCCCCCCCCC(=O)OC(COC(=O)CCCCCCCCCCCCCCCCCCCCCCCCCCCCCCCCC)COC(OCC[N+](C)(C)C)C(=O)O. The van der Waals surface area contributed by atoms with Crippen molar-refractivity contribution in [3.8, 4) is 0 Å². The summed E-state index contributed by atoms with van der Waals surface area (Å²) in [5, 5.41) is 9.79. The Bertz CT molecular complexity index is 1600. The van der Waals surface area contributed by atoms with Gasteiger partial charge in [0.05, 0.1) is 34.4 Å². The highest BCUT2D eigenvalue weighted by atomic mass is 16.7. The minimum absolute atomic E-state index is 0.172. The molecule has 0 bridgehead atoms. The number of quaternary nitrogens is 1. The van der Waals surface area contributed by atoms with Crippen LogP contribution >= 0.6 is 0 Å². The van der Waals surface area contributed by atoms with E-state index in [1.807, 2.05) is 21.1 Å². The maximum atomic E-state index is 13.0. The zero-order valence-electron chi connectivity index (χ0n) is 66.3. The van der Waals surface area contributed by atoms with Crippen LogP contribution in [0.5, 0.6) is 0 Å². The lowest BCUT2D eigenvalue weighted by molar-refractivity contribution is -0.870. The smallest absolute Gasteiger partial charge is 0.361 e. The number of aliphatic carboxylic acids is 1. The summed E-state index contributed by atoms with van der Waals surface area (Å²) in [6.07, 6.45) is 98.5. The second-order valence-corrected chi connectivity index (χ2v) is 31.6. The third kappa shape index (κ3) is 81.2. The molecule has 0 saturated heterocycles. The standard InChI is InChI=1S/C88H171NO8/c1-6-8-10-12-14-16-18-20-22-24-26-28-30-32-34-36-38-39-40-41-42-43-44-45-46-47-49-51-53-55-57-59-61-63-65-67-69-71-73-75-77-79-86(91)97-84(83-96-88(87(92)93)94-81-80-89(3,4)5)82-95-85(90)78-76-74-72-70-68-66-64-62-60-58-56-54-52-50-48-37-35-33-31-29-27-25-23-21-19-17-15-13-11-9-7-2/h24,26,84,88H,6-23,25,27-83H2,1-5H3/p+1/b26-24-. The quantitative estimate of drug-likeness (QED) is 0.0211. The van der Waals surface area contributed by atoms with Crippen LogP contribution < -0.4 is 0 Å². The number of allylic oxidation sites excluding steroid dienone is 2. The fourth-order valence-corrected chi connectivity index (χ4v) is 13.8. The Morgan fingerprint density at radius 2 is 0.526 bits per heavy atom. The lowest BCUT2D eigenvalue weighted by atomic mass is 10.0. The van der Waals surface area contributed by atoms with Crippen LogP contribution in [0.15, 0.2) is 12.2 Å². The van der Waals surface area contributed by atoms with Gasteiger partial charge in [0.2, 0.25) is 0 Å². The molecule has 0 aromatic rings. The third-order valence-corrected chi connectivity index (χ3v) is 20.5. The molecule has 0 spiro atoms.